The SMILES string of the molecule is CC(O)C1CCCCN1Cc1nc(-c2ccc(F)cc2)no1. The van der Waals surface area contributed by atoms with Gasteiger partial charge < -0.3 is 9.63 Å². The van der Waals surface area contributed by atoms with E-state index in [9.17, 15) is 9.50 Å². The van der Waals surface area contributed by atoms with Crippen LogP contribution in [0.4, 0.5) is 4.39 Å². The second-order valence-electron chi connectivity index (χ2n) is 5.79. The van der Waals surface area contributed by atoms with Crippen LogP contribution in [0.2, 0.25) is 0 Å². The fraction of sp³-hybridized carbons (Fsp3) is 0.500. The average molecular weight is 305 g/mol. The molecule has 0 spiro atoms. The molecule has 0 radical (unpaired) electrons. The summed E-state index contributed by atoms with van der Waals surface area (Å²) in [5.74, 6) is 0.688. The number of rotatable bonds is 4. The van der Waals surface area contributed by atoms with Crippen LogP contribution < -0.4 is 0 Å². The molecule has 0 saturated carbocycles. The van der Waals surface area contributed by atoms with Gasteiger partial charge in [0.2, 0.25) is 11.7 Å². The monoisotopic (exact) mass is 305 g/mol. The lowest BCUT2D eigenvalue weighted by Gasteiger charge is -2.36. The molecule has 3 rings (SSSR count). The molecule has 2 heterocycles. The molecule has 22 heavy (non-hydrogen) atoms. The predicted octanol–water partition coefficient (Wildman–Crippen LogP) is 2.61. The molecule has 0 bridgehead atoms. The van der Waals surface area contributed by atoms with Crippen LogP contribution in [0.1, 0.15) is 32.1 Å². The van der Waals surface area contributed by atoms with Gasteiger partial charge in [-0.15, -0.1) is 0 Å². The number of aliphatic hydroxyl groups is 1. The maximum Gasteiger partial charge on any atom is 0.241 e. The molecule has 1 aromatic heterocycles. The third-order valence-corrected chi connectivity index (χ3v) is 4.13. The summed E-state index contributed by atoms with van der Waals surface area (Å²) >= 11 is 0. The molecule has 1 aromatic carbocycles. The van der Waals surface area contributed by atoms with Gasteiger partial charge in [-0.3, -0.25) is 4.90 Å². The van der Waals surface area contributed by atoms with E-state index >= 15 is 0 Å². The highest BCUT2D eigenvalue weighted by molar-refractivity contribution is 5.53. The van der Waals surface area contributed by atoms with Crippen LogP contribution in [0.5, 0.6) is 0 Å². The molecule has 5 nitrogen and oxygen atoms in total. The Morgan fingerprint density at radius 1 is 1.36 bits per heavy atom. The number of halogens is 1. The quantitative estimate of drug-likeness (QED) is 0.941. The maximum atomic E-state index is 12.9. The van der Waals surface area contributed by atoms with Crippen LogP contribution in [-0.2, 0) is 6.54 Å². The number of benzene rings is 1. The summed E-state index contributed by atoms with van der Waals surface area (Å²) in [5.41, 5.74) is 0.724. The molecule has 1 aliphatic heterocycles. The minimum Gasteiger partial charge on any atom is -0.392 e. The number of hydrogen-bond donors (Lipinski definition) is 1. The molecule has 6 heteroatoms. The second-order valence-corrected chi connectivity index (χ2v) is 5.79. The smallest absolute Gasteiger partial charge is 0.241 e. The molecule has 2 aromatic rings. The highest BCUT2D eigenvalue weighted by Crippen LogP contribution is 2.23. The molecule has 2 unspecified atom stereocenters. The third kappa shape index (κ3) is 3.34. The van der Waals surface area contributed by atoms with Crippen molar-refractivity contribution in [2.75, 3.05) is 6.54 Å². The van der Waals surface area contributed by atoms with E-state index in [1.807, 2.05) is 6.92 Å². The van der Waals surface area contributed by atoms with E-state index in [0.717, 1.165) is 31.4 Å². The lowest BCUT2D eigenvalue weighted by Crippen LogP contribution is -2.45. The number of aliphatic hydroxyl groups excluding tert-OH is 1. The van der Waals surface area contributed by atoms with E-state index in [4.69, 9.17) is 4.52 Å². The normalized spacial score (nSPS) is 21.0. The predicted molar refractivity (Wildman–Crippen MR) is 79.4 cm³/mol. The molecule has 1 fully saturated rings. The zero-order chi connectivity index (χ0) is 15.5. The van der Waals surface area contributed by atoms with Gasteiger partial charge in [0, 0.05) is 11.6 Å². The standard InChI is InChI=1S/C16H20FN3O2/c1-11(21)14-4-2-3-9-20(14)10-15-18-16(19-22-15)12-5-7-13(17)8-6-12/h5-8,11,14,21H,2-4,9-10H2,1H3. The molecule has 2 atom stereocenters. The molecule has 1 aliphatic rings. The van der Waals surface area contributed by atoms with Gasteiger partial charge in [-0.1, -0.05) is 11.6 Å². The first-order valence-corrected chi connectivity index (χ1v) is 7.64. The molecular weight excluding hydrogens is 285 g/mol. The number of hydrogen-bond acceptors (Lipinski definition) is 5. The van der Waals surface area contributed by atoms with Gasteiger partial charge in [0.25, 0.3) is 0 Å². The number of nitrogens with zero attached hydrogens (tertiary/aromatic N) is 3. The Hall–Kier alpha value is -1.79. The van der Waals surface area contributed by atoms with Crippen LogP contribution in [-0.4, -0.2) is 38.8 Å². The van der Waals surface area contributed by atoms with Gasteiger partial charge in [0.05, 0.1) is 12.6 Å². The highest BCUT2D eigenvalue weighted by atomic mass is 19.1. The topological polar surface area (TPSA) is 62.4 Å². The Morgan fingerprint density at radius 2 is 2.14 bits per heavy atom. The van der Waals surface area contributed by atoms with Crippen molar-refractivity contribution in [3.8, 4) is 11.4 Å². The summed E-state index contributed by atoms with van der Waals surface area (Å²) < 4.78 is 18.2. The van der Waals surface area contributed by atoms with Crippen LogP contribution in [0.15, 0.2) is 28.8 Å². The van der Waals surface area contributed by atoms with Gasteiger partial charge in [0.15, 0.2) is 0 Å². The van der Waals surface area contributed by atoms with Crippen LogP contribution in [0.3, 0.4) is 0 Å². The van der Waals surface area contributed by atoms with Crippen molar-refractivity contribution >= 4 is 0 Å². The summed E-state index contributed by atoms with van der Waals surface area (Å²) in [4.78, 5) is 6.57. The fourth-order valence-corrected chi connectivity index (χ4v) is 2.97. The van der Waals surface area contributed by atoms with E-state index in [0.29, 0.717) is 18.3 Å². The van der Waals surface area contributed by atoms with Crippen molar-refractivity contribution in [2.45, 2.75) is 44.9 Å². The van der Waals surface area contributed by atoms with Crippen LogP contribution >= 0.6 is 0 Å². The van der Waals surface area contributed by atoms with Gasteiger partial charge in [-0.25, -0.2) is 4.39 Å². The number of aromatic nitrogens is 2. The summed E-state index contributed by atoms with van der Waals surface area (Å²) in [6.45, 7) is 3.27. The second kappa shape index (κ2) is 6.54. The summed E-state index contributed by atoms with van der Waals surface area (Å²) in [6.07, 6.45) is 2.86. The summed E-state index contributed by atoms with van der Waals surface area (Å²) in [7, 11) is 0. The minimum atomic E-state index is -0.375. The zero-order valence-corrected chi connectivity index (χ0v) is 12.6. The Morgan fingerprint density at radius 3 is 2.86 bits per heavy atom. The first-order chi connectivity index (χ1) is 10.6. The van der Waals surface area contributed by atoms with Gasteiger partial charge in [0.1, 0.15) is 5.82 Å². The van der Waals surface area contributed by atoms with Crippen LogP contribution in [0, 0.1) is 5.82 Å². The molecule has 0 aliphatic carbocycles. The van der Waals surface area contributed by atoms with E-state index in [1.54, 1.807) is 12.1 Å². The Labute approximate surface area is 128 Å². The van der Waals surface area contributed by atoms with E-state index in [-0.39, 0.29) is 18.0 Å². The van der Waals surface area contributed by atoms with Crippen molar-refractivity contribution in [3.63, 3.8) is 0 Å². The van der Waals surface area contributed by atoms with Crippen molar-refractivity contribution in [2.24, 2.45) is 0 Å². The van der Waals surface area contributed by atoms with Crippen molar-refractivity contribution in [1.29, 1.82) is 0 Å². The molecule has 1 saturated heterocycles. The van der Waals surface area contributed by atoms with Crippen molar-refractivity contribution in [1.82, 2.24) is 15.0 Å². The molecular formula is C16H20FN3O2. The molecule has 0 amide bonds. The average Bonchev–Trinajstić information content (AvgIpc) is 2.97. The van der Waals surface area contributed by atoms with Crippen LogP contribution in [0.25, 0.3) is 11.4 Å². The molecule has 1 N–H and O–H groups in total. The Kier molecular flexibility index (Phi) is 4.49. The number of piperidine rings is 1. The first-order valence-electron chi connectivity index (χ1n) is 7.64. The fourth-order valence-electron chi connectivity index (χ4n) is 2.97. The summed E-state index contributed by atoms with van der Waals surface area (Å²) in [6, 6.07) is 6.14. The lowest BCUT2D eigenvalue weighted by atomic mass is 9.98. The number of likely N-dealkylation sites (tertiary alicyclic amines) is 1. The zero-order valence-electron chi connectivity index (χ0n) is 12.6. The third-order valence-electron chi connectivity index (χ3n) is 4.13. The maximum absolute atomic E-state index is 12.9. The van der Waals surface area contributed by atoms with Gasteiger partial charge in [-0.2, -0.15) is 4.98 Å². The molecule has 118 valence electrons. The van der Waals surface area contributed by atoms with Gasteiger partial charge in [-0.05, 0) is 50.6 Å². The Bertz CT molecular complexity index is 612. The van der Waals surface area contributed by atoms with E-state index in [1.165, 1.54) is 12.1 Å². The van der Waals surface area contributed by atoms with Gasteiger partial charge >= 0.3 is 0 Å². The van der Waals surface area contributed by atoms with E-state index < -0.39 is 0 Å². The minimum absolute atomic E-state index is 0.134. The first kappa shape index (κ1) is 15.1. The Balaban J connectivity index is 1.72. The largest absolute Gasteiger partial charge is 0.392 e. The van der Waals surface area contributed by atoms with Crippen molar-refractivity contribution in [3.05, 3.63) is 36.0 Å². The summed E-state index contributed by atoms with van der Waals surface area (Å²) in [5, 5.41) is 13.8. The van der Waals surface area contributed by atoms with Crippen molar-refractivity contribution < 1.29 is 14.0 Å². The lowest BCUT2D eigenvalue weighted by molar-refractivity contribution is 0.0260. The van der Waals surface area contributed by atoms with E-state index in [2.05, 4.69) is 15.0 Å². The highest BCUT2D eigenvalue weighted by Gasteiger charge is 2.27.